The second-order valence-electron chi connectivity index (χ2n) is 10.2. The molecule has 1 aliphatic rings. The van der Waals surface area contributed by atoms with Gasteiger partial charge in [0, 0.05) is 29.9 Å². The monoisotopic (exact) mass is 586 g/mol. The smallest absolute Gasteiger partial charge is 0.358 e. The predicted molar refractivity (Wildman–Crippen MR) is 164 cm³/mol. The number of aryl methyl sites for hydroxylation is 1. The van der Waals surface area contributed by atoms with Gasteiger partial charge >= 0.3 is 10.9 Å². The van der Waals surface area contributed by atoms with E-state index in [1.165, 1.54) is 4.57 Å². The van der Waals surface area contributed by atoms with Gasteiger partial charge in [0.25, 0.3) is 5.56 Å². The van der Waals surface area contributed by atoms with Gasteiger partial charge in [-0.15, -0.1) is 0 Å². The number of hydrogen-bond acceptors (Lipinski definition) is 7. The number of thiocarbonyl (C=S) groups is 1. The van der Waals surface area contributed by atoms with Gasteiger partial charge in [-0.05, 0) is 36.1 Å². The van der Waals surface area contributed by atoms with Gasteiger partial charge in [-0.2, -0.15) is 0 Å². The van der Waals surface area contributed by atoms with Crippen LogP contribution < -0.4 is 16.0 Å². The van der Waals surface area contributed by atoms with Crippen molar-refractivity contribution in [2.45, 2.75) is 51.2 Å². The highest BCUT2D eigenvalue weighted by Gasteiger charge is 2.48. The lowest BCUT2D eigenvalue weighted by molar-refractivity contribution is -0.0470. The average Bonchev–Trinajstić information content (AvgIpc) is 3.34. The van der Waals surface area contributed by atoms with E-state index in [0.717, 1.165) is 11.1 Å². The summed E-state index contributed by atoms with van der Waals surface area (Å²) in [6.45, 7) is 2.95. The quantitative estimate of drug-likeness (QED) is 0.241. The summed E-state index contributed by atoms with van der Waals surface area (Å²) in [6.07, 6.45) is 1.57. The third-order valence-electron chi connectivity index (χ3n) is 7.44. The molecule has 0 bridgehead atoms. The van der Waals surface area contributed by atoms with Crippen LogP contribution in [-0.2, 0) is 33.8 Å². The number of para-hydroxylation sites is 1. The van der Waals surface area contributed by atoms with Crippen molar-refractivity contribution in [1.82, 2.24) is 9.55 Å². The normalized spacial score (nSPS) is 19.8. The molecule has 1 aliphatic carbocycles. The summed E-state index contributed by atoms with van der Waals surface area (Å²) >= 11 is 5.53. The second kappa shape index (κ2) is 14.2. The molecule has 3 aromatic carbocycles. The molecule has 42 heavy (non-hydrogen) atoms. The molecule has 4 atom stereocenters. The third-order valence-corrected chi connectivity index (χ3v) is 7.62. The highest BCUT2D eigenvalue weighted by atomic mass is 32.1. The Labute approximate surface area is 249 Å². The maximum atomic E-state index is 13.1. The standard InChI is InChI=1S/C33H34N2O6S/c1-2-25-19-35(32(37)34-31(25)36)28-18-29(39-21-24-14-8-4-9-15-24)27(22-38-20-23-12-6-3-7-13-23)30(28)41-33(42)40-26-16-10-5-11-17-26/h3-17,19,27-30H,2,18,20-22H2,1H3,(H,34,36,37). The lowest BCUT2D eigenvalue weighted by Gasteiger charge is -2.28. The first kappa shape index (κ1) is 29.4. The van der Waals surface area contributed by atoms with Crippen LogP contribution in [0.5, 0.6) is 5.75 Å². The van der Waals surface area contributed by atoms with Gasteiger partial charge in [0.2, 0.25) is 0 Å². The van der Waals surface area contributed by atoms with E-state index in [-0.39, 0.29) is 17.3 Å². The van der Waals surface area contributed by atoms with Crippen LogP contribution in [0.1, 0.15) is 36.1 Å². The Morgan fingerprint density at radius 2 is 1.52 bits per heavy atom. The minimum Gasteiger partial charge on any atom is -0.451 e. The van der Waals surface area contributed by atoms with E-state index >= 15 is 0 Å². The zero-order valence-electron chi connectivity index (χ0n) is 23.4. The van der Waals surface area contributed by atoms with E-state index in [2.05, 4.69) is 4.98 Å². The molecule has 0 aliphatic heterocycles. The van der Waals surface area contributed by atoms with Crippen LogP contribution in [0.15, 0.2) is 107 Å². The molecule has 0 spiro atoms. The van der Waals surface area contributed by atoms with Crippen LogP contribution in [-0.4, -0.2) is 33.6 Å². The summed E-state index contributed by atoms with van der Waals surface area (Å²) in [4.78, 5) is 28.0. The summed E-state index contributed by atoms with van der Waals surface area (Å²) in [7, 11) is 0. The predicted octanol–water partition coefficient (Wildman–Crippen LogP) is 5.21. The van der Waals surface area contributed by atoms with E-state index in [1.807, 2.05) is 85.8 Å². The van der Waals surface area contributed by atoms with E-state index in [1.54, 1.807) is 18.3 Å². The van der Waals surface area contributed by atoms with Crippen LogP contribution >= 0.6 is 12.2 Å². The zero-order valence-corrected chi connectivity index (χ0v) is 24.2. The Morgan fingerprint density at radius 1 is 0.905 bits per heavy atom. The summed E-state index contributed by atoms with van der Waals surface area (Å²) < 4.78 is 26.4. The van der Waals surface area contributed by atoms with Crippen LogP contribution in [0.25, 0.3) is 0 Å². The molecule has 0 radical (unpaired) electrons. The largest absolute Gasteiger partial charge is 0.451 e. The van der Waals surface area contributed by atoms with Crippen LogP contribution in [0.2, 0.25) is 0 Å². The van der Waals surface area contributed by atoms with Gasteiger partial charge in [-0.25, -0.2) is 4.79 Å². The maximum absolute atomic E-state index is 13.1. The lowest BCUT2D eigenvalue weighted by atomic mass is 10.0. The molecule has 218 valence electrons. The molecule has 0 amide bonds. The fourth-order valence-electron chi connectivity index (χ4n) is 5.29. The van der Waals surface area contributed by atoms with Crippen LogP contribution in [0.4, 0.5) is 0 Å². The summed E-state index contributed by atoms with van der Waals surface area (Å²) in [5.74, 6) is 0.240. The molecule has 4 unspecified atom stereocenters. The van der Waals surface area contributed by atoms with E-state index < -0.39 is 23.4 Å². The zero-order chi connectivity index (χ0) is 29.3. The lowest BCUT2D eigenvalue weighted by Crippen LogP contribution is -2.40. The fourth-order valence-corrected chi connectivity index (χ4v) is 5.49. The Morgan fingerprint density at radius 3 is 2.17 bits per heavy atom. The molecular weight excluding hydrogens is 552 g/mol. The average molecular weight is 587 g/mol. The minimum absolute atomic E-state index is 0.0684. The first-order valence-electron chi connectivity index (χ1n) is 14.1. The summed E-state index contributed by atoms with van der Waals surface area (Å²) in [6, 6.07) is 28.4. The fraction of sp³-hybridized carbons (Fsp3) is 0.303. The summed E-state index contributed by atoms with van der Waals surface area (Å²) in [5.41, 5.74) is 1.66. The van der Waals surface area contributed by atoms with E-state index in [9.17, 15) is 9.59 Å². The van der Waals surface area contributed by atoms with Crippen molar-refractivity contribution in [2.75, 3.05) is 6.61 Å². The number of benzene rings is 3. The van der Waals surface area contributed by atoms with Crippen molar-refractivity contribution in [3.8, 4) is 5.75 Å². The van der Waals surface area contributed by atoms with Gasteiger partial charge in [-0.3, -0.25) is 14.3 Å². The molecule has 1 N–H and O–H groups in total. The topological polar surface area (TPSA) is 91.8 Å². The van der Waals surface area contributed by atoms with Gasteiger partial charge in [0.15, 0.2) is 0 Å². The Bertz CT molecular complexity index is 1560. The number of hydrogen-bond donors (Lipinski definition) is 1. The van der Waals surface area contributed by atoms with Crippen molar-refractivity contribution < 1.29 is 18.9 Å². The third kappa shape index (κ3) is 7.42. The molecule has 1 fully saturated rings. The highest BCUT2D eigenvalue weighted by Crippen LogP contribution is 2.40. The number of aromatic amines is 1. The van der Waals surface area contributed by atoms with E-state index in [0.29, 0.717) is 44.0 Å². The SMILES string of the molecule is CCc1cn(C2CC(OCc3ccccc3)C(COCc3ccccc3)C2OC(=S)Oc2ccccc2)c(=O)[nH]c1=O. The highest BCUT2D eigenvalue weighted by molar-refractivity contribution is 7.79. The molecular formula is C33H34N2O6S. The first-order valence-corrected chi connectivity index (χ1v) is 14.5. The number of aromatic nitrogens is 2. The molecule has 0 saturated heterocycles. The number of nitrogens with zero attached hydrogens (tertiary/aromatic N) is 1. The first-order chi connectivity index (χ1) is 20.5. The van der Waals surface area contributed by atoms with Crippen molar-refractivity contribution in [3.05, 3.63) is 135 Å². The van der Waals surface area contributed by atoms with Crippen LogP contribution in [0.3, 0.4) is 0 Å². The molecule has 5 rings (SSSR count). The van der Waals surface area contributed by atoms with Crippen LogP contribution in [0, 0.1) is 5.92 Å². The number of rotatable bonds is 11. The minimum atomic E-state index is -0.633. The van der Waals surface area contributed by atoms with Crippen molar-refractivity contribution in [1.29, 1.82) is 0 Å². The van der Waals surface area contributed by atoms with Crippen molar-refractivity contribution in [3.63, 3.8) is 0 Å². The number of H-pyrrole nitrogens is 1. The second-order valence-corrected chi connectivity index (χ2v) is 10.6. The van der Waals surface area contributed by atoms with E-state index in [4.69, 9.17) is 31.2 Å². The maximum Gasteiger partial charge on any atom is 0.358 e. The Kier molecular flexibility index (Phi) is 9.97. The summed E-state index contributed by atoms with van der Waals surface area (Å²) in [5, 5.41) is -0.0684. The van der Waals surface area contributed by atoms with Gasteiger partial charge < -0.3 is 18.9 Å². The number of nitrogens with one attached hydrogen (secondary N) is 1. The Hall–Kier alpha value is -4.05. The molecule has 1 aromatic heterocycles. The van der Waals surface area contributed by atoms with Gasteiger partial charge in [0.1, 0.15) is 11.9 Å². The molecule has 1 saturated carbocycles. The Balaban J connectivity index is 1.45. The van der Waals surface area contributed by atoms with Gasteiger partial charge in [-0.1, -0.05) is 85.8 Å². The molecule has 9 heteroatoms. The molecule has 1 heterocycles. The number of ether oxygens (including phenoxy) is 4. The molecule has 8 nitrogen and oxygen atoms in total. The van der Waals surface area contributed by atoms with Crippen molar-refractivity contribution in [2.24, 2.45) is 5.92 Å². The van der Waals surface area contributed by atoms with Gasteiger partial charge in [0.05, 0.1) is 32.0 Å². The molecule has 4 aromatic rings. The van der Waals surface area contributed by atoms with Crippen molar-refractivity contribution >= 4 is 17.5 Å².